The second kappa shape index (κ2) is 21.5. The molecule has 152 valence electrons. The number of aliphatic carboxylic acids is 2. The molecule has 0 saturated carbocycles. The summed E-state index contributed by atoms with van der Waals surface area (Å²) in [5.41, 5.74) is 0. The van der Waals surface area contributed by atoms with Crippen molar-refractivity contribution in [3.63, 3.8) is 0 Å². The van der Waals surface area contributed by atoms with Crippen molar-refractivity contribution in [1.29, 1.82) is 0 Å². The van der Waals surface area contributed by atoms with Gasteiger partial charge in [0.2, 0.25) is 0 Å². The van der Waals surface area contributed by atoms with Crippen molar-refractivity contribution in [1.82, 2.24) is 0 Å². The molecule has 26 heavy (non-hydrogen) atoms. The van der Waals surface area contributed by atoms with E-state index in [4.69, 9.17) is 10.2 Å². The highest BCUT2D eigenvalue weighted by Crippen LogP contribution is 2.10. The molecular weight excluding hydrogens is 328 g/mol. The first-order valence-corrected chi connectivity index (χ1v) is 10.2. The molecule has 4 heteroatoms. The zero-order valence-electron chi connectivity index (χ0n) is 17.1. The molecule has 0 rings (SSSR count). The van der Waals surface area contributed by atoms with Gasteiger partial charge in [-0.15, -0.1) is 0 Å². The lowest BCUT2D eigenvalue weighted by molar-refractivity contribution is -0.141. The molecule has 0 bridgehead atoms. The fourth-order valence-corrected chi connectivity index (χ4v) is 2.29. The maximum atomic E-state index is 10.7. The van der Waals surface area contributed by atoms with Crippen LogP contribution >= 0.6 is 0 Å². The second-order valence-electron chi connectivity index (χ2n) is 6.55. The highest BCUT2D eigenvalue weighted by molar-refractivity contribution is 5.70. The summed E-state index contributed by atoms with van der Waals surface area (Å²) in [6.45, 7) is 6.28. The van der Waals surface area contributed by atoms with E-state index in [-0.39, 0.29) is 12.3 Å². The van der Waals surface area contributed by atoms with Crippen LogP contribution in [-0.2, 0) is 9.59 Å². The van der Waals surface area contributed by atoms with E-state index < -0.39 is 11.9 Å². The molecule has 0 amide bonds. The Morgan fingerprint density at radius 3 is 1.69 bits per heavy atom. The molecule has 0 aromatic heterocycles. The largest absolute Gasteiger partial charge is 0.481 e. The van der Waals surface area contributed by atoms with Crippen LogP contribution in [0, 0.1) is 5.92 Å². The number of hydrogen-bond donors (Lipinski definition) is 2. The Labute approximate surface area is 160 Å². The summed E-state index contributed by atoms with van der Waals surface area (Å²) >= 11 is 0. The molecule has 0 spiro atoms. The summed E-state index contributed by atoms with van der Waals surface area (Å²) in [6.07, 6.45) is 20.1. The molecule has 4 nitrogen and oxygen atoms in total. The topological polar surface area (TPSA) is 74.6 Å². The van der Waals surface area contributed by atoms with Gasteiger partial charge in [-0.2, -0.15) is 0 Å². The number of carboxylic acid groups (broad SMARTS) is 2. The molecular formula is C22H40O4. The van der Waals surface area contributed by atoms with Crippen LogP contribution in [0.2, 0.25) is 0 Å². The van der Waals surface area contributed by atoms with Crippen molar-refractivity contribution in [2.75, 3.05) is 0 Å². The first-order valence-electron chi connectivity index (χ1n) is 10.2. The van der Waals surface area contributed by atoms with Gasteiger partial charge in [0.15, 0.2) is 0 Å². The monoisotopic (exact) mass is 368 g/mol. The average molecular weight is 369 g/mol. The van der Waals surface area contributed by atoms with Gasteiger partial charge in [-0.05, 0) is 44.9 Å². The van der Waals surface area contributed by atoms with Gasteiger partial charge in [-0.3, -0.25) is 9.59 Å². The molecule has 0 aliphatic heterocycles. The Morgan fingerprint density at radius 2 is 1.27 bits per heavy atom. The number of allylic oxidation sites excluding steroid dienone is 4. The third-order valence-electron chi connectivity index (χ3n) is 4.07. The van der Waals surface area contributed by atoms with Crippen LogP contribution in [0.15, 0.2) is 24.3 Å². The molecule has 1 atom stereocenters. The number of unbranched alkanes of at least 4 members (excludes halogenated alkanes) is 6. The zero-order valence-corrected chi connectivity index (χ0v) is 17.1. The molecule has 0 aromatic rings. The van der Waals surface area contributed by atoms with Gasteiger partial charge in [0.25, 0.3) is 0 Å². The number of rotatable bonds is 15. The van der Waals surface area contributed by atoms with Gasteiger partial charge >= 0.3 is 11.9 Å². The van der Waals surface area contributed by atoms with Crippen LogP contribution in [0.25, 0.3) is 0 Å². The lowest BCUT2D eigenvalue weighted by atomic mass is 10.0. The lowest BCUT2D eigenvalue weighted by Gasteiger charge is -2.04. The average Bonchev–Trinajstić information content (AvgIpc) is 2.60. The minimum absolute atomic E-state index is 0.197. The fourth-order valence-electron chi connectivity index (χ4n) is 2.29. The molecule has 0 radical (unpaired) electrons. The van der Waals surface area contributed by atoms with Crippen LogP contribution in [0.4, 0.5) is 0 Å². The summed E-state index contributed by atoms with van der Waals surface area (Å²) in [5, 5.41) is 17.1. The van der Waals surface area contributed by atoms with E-state index in [1.807, 2.05) is 19.1 Å². The van der Waals surface area contributed by atoms with Crippen molar-refractivity contribution in [2.45, 2.75) is 97.8 Å². The smallest absolute Gasteiger partial charge is 0.306 e. The molecule has 1 unspecified atom stereocenters. The Morgan fingerprint density at radius 1 is 0.769 bits per heavy atom. The van der Waals surface area contributed by atoms with Crippen molar-refractivity contribution >= 4 is 11.9 Å². The molecule has 2 N–H and O–H groups in total. The van der Waals surface area contributed by atoms with Gasteiger partial charge in [0.1, 0.15) is 0 Å². The standard InChI is InChI=1S/C12H22O2.C10H18O2/c1-3-5-6-7-8-9-10-11(4-2)12(13)14;1-2-3-4-5-6-7-8-9-10(11)12/h8-9,11H,3-7,10H2,1-2H3,(H,13,14);6-7H,2-5,8-9H2,1H3,(H,11,12)/b9-8+;7-6+. The van der Waals surface area contributed by atoms with E-state index >= 15 is 0 Å². The predicted molar refractivity (Wildman–Crippen MR) is 109 cm³/mol. The summed E-state index contributed by atoms with van der Waals surface area (Å²) in [4.78, 5) is 20.8. The normalized spacial score (nSPS) is 12.1. The number of hydrogen-bond acceptors (Lipinski definition) is 2. The first kappa shape index (κ1) is 26.6. The summed E-state index contributed by atoms with van der Waals surface area (Å²) in [5.74, 6) is -1.59. The molecule has 0 aromatic carbocycles. The summed E-state index contributed by atoms with van der Waals surface area (Å²) in [6, 6.07) is 0. The summed E-state index contributed by atoms with van der Waals surface area (Å²) < 4.78 is 0. The highest BCUT2D eigenvalue weighted by Gasteiger charge is 2.11. The first-order chi connectivity index (χ1) is 12.5. The maximum Gasteiger partial charge on any atom is 0.306 e. The van der Waals surface area contributed by atoms with E-state index in [2.05, 4.69) is 26.0 Å². The maximum absolute atomic E-state index is 10.7. The van der Waals surface area contributed by atoms with Crippen LogP contribution in [-0.4, -0.2) is 22.2 Å². The molecule has 0 heterocycles. The molecule has 0 aliphatic carbocycles. The van der Waals surface area contributed by atoms with Gasteiger partial charge in [0, 0.05) is 6.42 Å². The highest BCUT2D eigenvalue weighted by atomic mass is 16.4. The van der Waals surface area contributed by atoms with Gasteiger partial charge in [-0.25, -0.2) is 0 Å². The predicted octanol–water partition coefficient (Wildman–Crippen LogP) is 6.61. The van der Waals surface area contributed by atoms with Crippen LogP contribution in [0.5, 0.6) is 0 Å². The Kier molecular flexibility index (Phi) is 22.0. The van der Waals surface area contributed by atoms with Gasteiger partial charge < -0.3 is 10.2 Å². The molecule has 0 saturated heterocycles. The van der Waals surface area contributed by atoms with Crippen molar-refractivity contribution in [2.24, 2.45) is 5.92 Å². The lowest BCUT2D eigenvalue weighted by Crippen LogP contribution is -2.11. The Balaban J connectivity index is 0. The van der Waals surface area contributed by atoms with Crippen LogP contribution < -0.4 is 0 Å². The fraction of sp³-hybridized carbons (Fsp3) is 0.727. The van der Waals surface area contributed by atoms with E-state index in [9.17, 15) is 9.59 Å². The Bertz CT molecular complexity index is 386. The van der Waals surface area contributed by atoms with E-state index in [1.54, 1.807) is 0 Å². The third kappa shape index (κ3) is 22.4. The van der Waals surface area contributed by atoms with Gasteiger partial charge in [-0.1, -0.05) is 70.8 Å². The second-order valence-corrected chi connectivity index (χ2v) is 6.55. The van der Waals surface area contributed by atoms with E-state index in [0.717, 1.165) is 12.8 Å². The quantitative estimate of drug-likeness (QED) is 0.252. The SMILES string of the molecule is CCCCC/C=C/CC(CC)C(=O)O.CCCCC/C=C/CCC(=O)O. The van der Waals surface area contributed by atoms with Crippen LogP contribution in [0.1, 0.15) is 97.8 Å². The molecule has 0 fully saturated rings. The van der Waals surface area contributed by atoms with Crippen molar-refractivity contribution in [3.05, 3.63) is 24.3 Å². The van der Waals surface area contributed by atoms with E-state index in [0.29, 0.717) is 19.3 Å². The minimum atomic E-state index is -0.715. The van der Waals surface area contributed by atoms with Crippen LogP contribution in [0.3, 0.4) is 0 Å². The van der Waals surface area contributed by atoms with Crippen molar-refractivity contribution in [3.8, 4) is 0 Å². The van der Waals surface area contributed by atoms with Gasteiger partial charge in [0.05, 0.1) is 5.92 Å². The zero-order chi connectivity index (χ0) is 20.0. The number of carboxylic acids is 2. The third-order valence-corrected chi connectivity index (χ3v) is 4.07. The van der Waals surface area contributed by atoms with Crippen molar-refractivity contribution < 1.29 is 19.8 Å². The number of carbonyl (C=O) groups is 2. The summed E-state index contributed by atoms with van der Waals surface area (Å²) in [7, 11) is 0. The molecule has 0 aliphatic rings. The Hall–Kier alpha value is -1.58. The minimum Gasteiger partial charge on any atom is -0.481 e. The van der Waals surface area contributed by atoms with E-state index in [1.165, 1.54) is 38.5 Å².